The van der Waals surface area contributed by atoms with E-state index < -0.39 is 24.3 Å². The fourth-order valence-electron chi connectivity index (χ4n) is 4.11. The van der Waals surface area contributed by atoms with Crippen molar-refractivity contribution in [2.45, 2.75) is 142 Å². The van der Waals surface area contributed by atoms with Crippen molar-refractivity contribution in [1.82, 2.24) is 0 Å². The van der Waals surface area contributed by atoms with E-state index in [2.05, 4.69) is 26.8 Å². The summed E-state index contributed by atoms with van der Waals surface area (Å²) < 4.78 is 10.1. The van der Waals surface area contributed by atoms with Crippen molar-refractivity contribution >= 4 is 11.9 Å². The molecule has 0 radical (unpaired) electrons. The van der Waals surface area contributed by atoms with Gasteiger partial charge in [0.2, 0.25) is 0 Å². The molecule has 0 aliphatic carbocycles. The van der Waals surface area contributed by atoms with E-state index >= 15 is 0 Å². The number of unbranched alkanes of at least 4 members (excludes halogenated alkanes) is 8. The summed E-state index contributed by atoms with van der Waals surface area (Å²) in [6, 6.07) is 0. The van der Waals surface area contributed by atoms with Crippen LogP contribution in [0.4, 0.5) is 0 Å². The van der Waals surface area contributed by atoms with Gasteiger partial charge in [-0.05, 0) is 44.4 Å². The van der Waals surface area contributed by atoms with Gasteiger partial charge in [-0.2, -0.15) is 0 Å². The van der Waals surface area contributed by atoms with E-state index in [1.807, 2.05) is 6.08 Å². The highest BCUT2D eigenvalue weighted by molar-refractivity contribution is 5.69. The van der Waals surface area contributed by atoms with Crippen LogP contribution in [0.3, 0.4) is 0 Å². The Kier molecular flexibility index (Phi) is 27.4. The summed E-state index contributed by atoms with van der Waals surface area (Å²) in [4.78, 5) is 23.7. The van der Waals surface area contributed by atoms with Gasteiger partial charge in [-0.15, -0.1) is 0 Å². The maximum absolute atomic E-state index is 11.9. The second kappa shape index (κ2) is 28.9. The minimum absolute atomic E-state index is 0.123. The Hall–Kier alpha value is -2.22. The molecule has 0 rings (SSSR count). The molecule has 7 heteroatoms. The van der Waals surface area contributed by atoms with Crippen LogP contribution in [-0.2, 0) is 19.1 Å². The van der Waals surface area contributed by atoms with Crippen molar-refractivity contribution in [2.24, 2.45) is 5.92 Å². The molecule has 0 aliphatic heterocycles. The molecule has 0 spiro atoms. The summed E-state index contributed by atoms with van der Waals surface area (Å²) in [5.74, 6) is -0.0521. The van der Waals surface area contributed by atoms with Crippen molar-refractivity contribution in [2.75, 3.05) is 13.2 Å². The number of carbonyl (C=O) groups is 2. The molecule has 0 aromatic heterocycles. The fraction of sp³-hybridized carbons (Fsp3) is 0.714. The third-order valence-electron chi connectivity index (χ3n) is 6.69. The average molecular weight is 593 g/mol. The summed E-state index contributed by atoms with van der Waals surface area (Å²) >= 11 is 0. The molecule has 0 bridgehead atoms. The molecule has 0 unspecified atom stereocenters. The van der Waals surface area contributed by atoms with Crippen molar-refractivity contribution in [3.05, 3.63) is 48.6 Å². The number of esters is 2. The van der Waals surface area contributed by atoms with Crippen LogP contribution in [0.5, 0.6) is 0 Å². The first-order valence-corrected chi connectivity index (χ1v) is 16.3. The number of carbonyl (C=O) groups excluding carboxylic acids is 2. The SMILES string of the molecule is CCCCC/C=C\C[C@@H](O)/C=C/C=C/C=C\[C@@H](O)CCCC(=O)OC[C@H](O)COC(=O)CCCCCCCCC(C)C. The zero-order valence-electron chi connectivity index (χ0n) is 26.6. The molecule has 0 saturated heterocycles. The van der Waals surface area contributed by atoms with Gasteiger partial charge < -0.3 is 24.8 Å². The van der Waals surface area contributed by atoms with Gasteiger partial charge in [0.25, 0.3) is 0 Å². The predicted molar refractivity (Wildman–Crippen MR) is 171 cm³/mol. The molecule has 0 heterocycles. The highest BCUT2D eigenvalue weighted by Gasteiger charge is 2.12. The number of aliphatic hydroxyl groups is 3. The van der Waals surface area contributed by atoms with Crippen LogP contribution < -0.4 is 0 Å². The summed E-state index contributed by atoms with van der Waals surface area (Å²) in [6.45, 7) is 6.24. The predicted octanol–water partition coefficient (Wildman–Crippen LogP) is 7.30. The van der Waals surface area contributed by atoms with Crippen LogP contribution in [0.15, 0.2) is 48.6 Å². The lowest BCUT2D eigenvalue weighted by Gasteiger charge is -2.12. The van der Waals surface area contributed by atoms with Crippen molar-refractivity contribution in [3.8, 4) is 0 Å². The van der Waals surface area contributed by atoms with E-state index in [-0.39, 0.29) is 25.6 Å². The third-order valence-corrected chi connectivity index (χ3v) is 6.69. The Morgan fingerprint density at radius 1 is 0.643 bits per heavy atom. The summed E-state index contributed by atoms with van der Waals surface area (Å²) in [7, 11) is 0. The molecule has 0 aromatic rings. The van der Waals surface area contributed by atoms with Crippen molar-refractivity contribution in [1.29, 1.82) is 0 Å². The molecule has 42 heavy (non-hydrogen) atoms. The quantitative estimate of drug-likeness (QED) is 0.0397. The summed E-state index contributed by atoms with van der Waals surface area (Å²) in [5, 5.41) is 29.9. The molecule has 0 aliphatic rings. The van der Waals surface area contributed by atoms with Crippen LogP contribution in [0.25, 0.3) is 0 Å². The number of rotatable bonds is 27. The monoisotopic (exact) mass is 592 g/mol. The molecule has 242 valence electrons. The lowest BCUT2D eigenvalue weighted by atomic mass is 10.0. The van der Waals surface area contributed by atoms with E-state index in [0.29, 0.717) is 25.7 Å². The van der Waals surface area contributed by atoms with Gasteiger partial charge in [0.05, 0.1) is 12.2 Å². The smallest absolute Gasteiger partial charge is 0.305 e. The molecule has 0 saturated carbocycles. The third kappa shape index (κ3) is 29.3. The average Bonchev–Trinajstić information content (AvgIpc) is 2.95. The lowest BCUT2D eigenvalue weighted by Crippen LogP contribution is -2.25. The zero-order chi connectivity index (χ0) is 31.3. The number of hydrogen-bond donors (Lipinski definition) is 3. The molecule has 3 atom stereocenters. The van der Waals surface area contributed by atoms with Gasteiger partial charge in [0.1, 0.15) is 19.3 Å². The highest BCUT2D eigenvalue weighted by Crippen LogP contribution is 2.12. The molecular formula is C35H60O7. The number of ether oxygens (including phenoxy) is 2. The minimum Gasteiger partial charge on any atom is -0.463 e. The number of aliphatic hydroxyl groups excluding tert-OH is 3. The van der Waals surface area contributed by atoms with Gasteiger partial charge in [-0.25, -0.2) is 0 Å². The standard InChI is InChI=1S/C35H60O7/c1-4-5-6-7-11-16-22-31(36)23-17-13-14-18-24-32(37)25-20-27-35(40)42-29-33(38)28-41-34(39)26-19-12-9-8-10-15-21-30(2)3/h11,13-14,16-18,23-24,30-33,36-38H,4-10,12,15,19-22,25-29H2,1-3H3/b14-13+,16-11-,23-17+,24-18-/t31-,32-,33-/m1/s1. The highest BCUT2D eigenvalue weighted by atomic mass is 16.6. The maximum atomic E-state index is 11.9. The Morgan fingerprint density at radius 2 is 1.21 bits per heavy atom. The lowest BCUT2D eigenvalue weighted by molar-refractivity contribution is -0.152. The van der Waals surface area contributed by atoms with Crippen LogP contribution >= 0.6 is 0 Å². The van der Waals surface area contributed by atoms with Crippen molar-refractivity contribution in [3.63, 3.8) is 0 Å². The summed E-state index contributed by atoms with van der Waals surface area (Å²) in [6.07, 6.45) is 26.7. The Balaban J connectivity index is 3.82. The summed E-state index contributed by atoms with van der Waals surface area (Å²) in [5.41, 5.74) is 0. The molecule has 3 N–H and O–H groups in total. The van der Waals surface area contributed by atoms with E-state index in [1.165, 1.54) is 44.9 Å². The van der Waals surface area contributed by atoms with Gasteiger partial charge >= 0.3 is 11.9 Å². The van der Waals surface area contributed by atoms with Crippen LogP contribution in [-0.4, -0.2) is 58.8 Å². The van der Waals surface area contributed by atoms with Crippen molar-refractivity contribution < 1.29 is 34.4 Å². The topological polar surface area (TPSA) is 113 Å². The van der Waals surface area contributed by atoms with E-state index in [4.69, 9.17) is 9.47 Å². The van der Waals surface area contributed by atoms with Gasteiger partial charge in [-0.1, -0.05) is 121 Å². The molecule has 0 amide bonds. The van der Waals surface area contributed by atoms with Gasteiger partial charge in [0, 0.05) is 12.8 Å². The van der Waals surface area contributed by atoms with E-state index in [0.717, 1.165) is 31.6 Å². The number of allylic oxidation sites excluding steroid dienone is 5. The normalized spacial score (nSPS) is 14.5. The van der Waals surface area contributed by atoms with Gasteiger partial charge in [0.15, 0.2) is 0 Å². The molecule has 0 aromatic carbocycles. The van der Waals surface area contributed by atoms with Crippen LogP contribution in [0, 0.1) is 5.92 Å². The zero-order valence-corrected chi connectivity index (χ0v) is 26.6. The Labute approximate surface area is 255 Å². The maximum Gasteiger partial charge on any atom is 0.305 e. The van der Waals surface area contributed by atoms with Gasteiger partial charge in [-0.3, -0.25) is 9.59 Å². The second-order valence-electron chi connectivity index (χ2n) is 11.5. The first kappa shape index (κ1) is 39.8. The number of hydrogen-bond acceptors (Lipinski definition) is 7. The van der Waals surface area contributed by atoms with Crippen LogP contribution in [0.2, 0.25) is 0 Å². The molecular weight excluding hydrogens is 532 g/mol. The first-order chi connectivity index (χ1) is 20.2. The Bertz CT molecular complexity index is 769. The minimum atomic E-state index is -1.05. The molecule has 0 fully saturated rings. The largest absolute Gasteiger partial charge is 0.463 e. The van der Waals surface area contributed by atoms with E-state index in [1.54, 1.807) is 36.5 Å². The first-order valence-electron chi connectivity index (χ1n) is 16.3. The van der Waals surface area contributed by atoms with Crippen LogP contribution in [0.1, 0.15) is 124 Å². The van der Waals surface area contributed by atoms with E-state index in [9.17, 15) is 24.9 Å². The second-order valence-corrected chi connectivity index (χ2v) is 11.5. The Morgan fingerprint density at radius 3 is 1.83 bits per heavy atom. The molecule has 7 nitrogen and oxygen atoms in total. The fourth-order valence-corrected chi connectivity index (χ4v) is 4.11.